The Labute approximate surface area is 109 Å². The van der Waals surface area contributed by atoms with E-state index in [-0.39, 0.29) is 11.9 Å². The molecule has 0 radical (unpaired) electrons. The summed E-state index contributed by atoms with van der Waals surface area (Å²) in [6.07, 6.45) is 0. The molecule has 0 aliphatic rings. The first kappa shape index (κ1) is 14.1. The molecule has 0 unspecified atom stereocenters. The average molecular weight is 251 g/mol. The smallest absolute Gasteiger partial charge is 0.255 e. The molecule has 17 heavy (non-hydrogen) atoms. The maximum Gasteiger partial charge on any atom is 0.255 e. The van der Waals surface area contributed by atoms with Gasteiger partial charge in [0.15, 0.2) is 0 Å². The number of benzene rings is 1. The minimum Gasteiger partial charge on any atom is -0.336 e. The van der Waals surface area contributed by atoms with Crippen molar-refractivity contribution in [2.75, 3.05) is 6.54 Å². The SMILES string of the molecule is CC(C)CN(C(=O)c1ccccc1S)C(C)C. The van der Waals surface area contributed by atoms with Gasteiger partial charge in [-0.2, -0.15) is 0 Å². The third kappa shape index (κ3) is 3.77. The zero-order valence-corrected chi connectivity index (χ0v) is 11.9. The van der Waals surface area contributed by atoms with Crippen molar-refractivity contribution in [2.45, 2.75) is 38.6 Å². The fourth-order valence-corrected chi connectivity index (χ4v) is 1.99. The normalized spacial score (nSPS) is 11.0. The fraction of sp³-hybridized carbons (Fsp3) is 0.500. The minimum absolute atomic E-state index is 0.0688. The number of amides is 1. The van der Waals surface area contributed by atoms with E-state index in [1.165, 1.54) is 0 Å². The molecular weight excluding hydrogens is 230 g/mol. The second kappa shape index (κ2) is 6.10. The van der Waals surface area contributed by atoms with E-state index in [0.717, 1.165) is 11.4 Å². The van der Waals surface area contributed by atoms with E-state index in [9.17, 15) is 4.79 Å². The second-order valence-electron chi connectivity index (χ2n) is 4.96. The molecule has 0 fully saturated rings. The summed E-state index contributed by atoms with van der Waals surface area (Å²) in [4.78, 5) is 15.1. The standard InChI is InChI=1S/C14H21NOS/c1-10(2)9-15(11(3)4)14(16)12-7-5-6-8-13(12)17/h5-8,10-11,17H,9H2,1-4H3. The van der Waals surface area contributed by atoms with Crippen LogP contribution in [0.4, 0.5) is 0 Å². The number of carbonyl (C=O) groups excluding carboxylic acids is 1. The van der Waals surface area contributed by atoms with Crippen LogP contribution in [0.2, 0.25) is 0 Å². The van der Waals surface area contributed by atoms with Crippen molar-refractivity contribution in [1.82, 2.24) is 4.90 Å². The van der Waals surface area contributed by atoms with Crippen LogP contribution in [0.3, 0.4) is 0 Å². The molecule has 94 valence electrons. The molecule has 0 saturated carbocycles. The zero-order chi connectivity index (χ0) is 13.0. The Bertz CT molecular complexity index is 388. The van der Waals surface area contributed by atoms with Crippen molar-refractivity contribution in [3.63, 3.8) is 0 Å². The number of nitrogens with zero attached hydrogens (tertiary/aromatic N) is 1. The third-order valence-corrected chi connectivity index (χ3v) is 2.97. The summed E-state index contributed by atoms with van der Waals surface area (Å²) >= 11 is 4.34. The summed E-state index contributed by atoms with van der Waals surface area (Å²) in [6.45, 7) is 9.10. The highest BCUT2D eigenvalue weighted by atomic mass is 32.1. The van der Waals surface area contributed by atoms with Crippen LogP contribution in [-0.4, -0.2) is 23.4 Å². The van der Waals surface area contributed by atoms with E-state index in [1.807, 2.05) is 43.0 Å². The molecule has 1 rings (SSSR count). The molecule has 0 bridgehead atoms. The van der Waals surface area contributed by atoms with Crippen molar-refractivity contribution in [1.29, 1.82) is 0 Å². The lowest BCUT2D eigenvalue weighted by molar-refractivity contribution is 0.0678. The van der Waals surface area contributed by atoms with Gasteiger partial charge in [-0.15, -0.1) is 12.6 Å². The van der Waals surface area contributed by atoms with Gasteiger partial charge in [-0.3, -0.25) is 4.79 Å². The monoisotopic (exact) mass is 251 g/mol. The molecule has 1 aromatic carbocycles. The van der Waals surface area contributed by atoms with Gasteiger partial charge < -0.3 is 4.90 Å². The quantitative estimate of drug-likeness (QED) is 0.812. The van der Waals surface area contributed by atoms with Crippen molar-refractivity contribution >= 4 is 18.5 Å². The van der Waals surface area contributed by atoms with Crippen molar-refractivity contribution in [3.05, 3.63) is 29.8 Å². The molecule has 0 atom stereocenters. The molecular formula is C14H21NOS. The van der Waals surface area contributed by atoms with Crippen LogP contribution in [0.1, 0.15) is 38.1 Å². The van der Waals surface area contributed by atoms with Crippen LogP contribution >= 0.6 is 12.6 Å². The number of hydrogen-bond acceptors (Lipinski definition) is 2. The van der Waals surface area contributed by atoms with E-state index in [0.29, 0.717) is 11.5 Å². The van der Waals surface area contributed by atoms with Crippen LogP contribution in [0.5, 0.6) is 0 Å². The molecule has 1 aromatic rings. The van der Waals surface area contributed by atoms with E-state index in [1.54, 1.807) is 0 Å². The molecule has 0 N–H and O–H groups in total. The predicted octanol–water partition coefficient (Wildman–Crippen LogP) is 3.48. The number of rotatable bonds is 4. The van der Waals surface area contributed by atoms with E-state index in [4.69, 9.17) is 0 Å². The molecule has 0 saturated heterocycles. The molecule has 3 heteroatoms. The third-order valence-electron chi connectivity index (χ3n) is 2.58. The summed E-state index contributed by atoms with van der Waals surface area (Å²) in [7, 11) is 0. The second-order valence-corrected chi connectivity index (χ2v) is 5.44. The zero-order valence-electron chi connectivity index (χ0n) is 11.0. The molecule has 0 heterocycles. The lowest BCUT2D eigenvalue weighted by atomic mass is 10.1. The van der Waals surface area contributed by atoms with Crippen LogP contribution in [0, 0.1) is 5.92 Å². The van der Waals surface area contributed by atoms with Crippen molar-refractivity contribution in [2.24, 2.45) is 5.92 Å². The highest BCUT2D eigenvalue weighted by Gasteiger charge is 2.20. The Kier molecular flexibility index (Phi) is 5.06. The fourth-order valence-electron chi connectivity index (χ4n) is 1.73. The summed E-state index contributed by atoms with van der Waals surface area (Å²) < 4.78 is 0. The van der Waals surface area contributed by atoms with Crippen molar-refractivity contribution < 1.29 is 4.79 Å². The summed E-state index contributed by atoms with van der Waals surface area (Å²) in [6, 6.07) is 7.66. The Morgan fingerprint density at radius 1 is 1.24 bits per heavy atom. The van der Waals surface area contributed by atoms with Gasteiger partial charge in [-0.25, -0.2) is 0 Å². The number of carbonyl (C=O) groups is 1. The minimum atomic E-state index is 0.0688. The Morgan fingerprint density at radius 2 is 1.82 bits per heavy atom. The highest BCUT2D eigenvalue weighted by molar-refractivity contribution is 7.80. The highest BCUT2D eigenvalue weighted by Crippen LogP contribution is 2.17. The lowest BCUT2D eigenvalue weighted by Crippen LogP contribution is -2.39. The Hall–Kier alpha value is -0.960. The van der Waals surface area contributed by atoms with Crippen LogP contribution < -0.4 is 0 Å². The van der Waals surface area contributed by atoms with Gasteiger partial charge in [-0.05, 0) is 31.9 Å². The van der Waals surface area contributed by atoms with Gasteiger partial charge >= 0.3 is 0 Å². The van der Waals surface area contributed by atoms with Crippen LogP contribution in [-0.2, 0) is 0 Å². The van der Waals surface area contributed by atoms with Crippen molar-refractivity contribution in [3.8, 4) is 0 Å². The van der Waals surface area contributed by atoms with Gasteiger partial charge in [0.05, 0.1) is 5.56 Å². The molecule has 0 aliphatic heterocycles. The molecule has 2 nitrogen and oxygen atoms in total. The average Bonchev–Trinajstić information content (AvgIpc) is 2.25. The molecule has 0 aromatic heterocycles. The van der Waals surface area contributed by atoms with Gasteiger partial charge in [0.1, 0.15) is 0 Å². The first-order valence-corrected chi connectivity index (χ1v) is 6.47. The largest absolute Gasteiger partial charge is 0.336 e. The maximum atomic E-state index is 12.4. The van der Waals surface area contributed by atoms with E-state index in [2.05, 4.69) is 26.5 Å². The first-order valence-electron chi connectivity index (χ1n) is 6.02. The Morgan fingerprint density at radius 3 is 2.29 bits per heavy atom. The Balaban J connectivity index is 2.96. The first-order chi connectivity index (χ1) is 7.93. The molecule has 0 spiro atoms. The number of thiol groups is 1. The topological polar surface area (TPSA) is 20.3 Å². The predicted molar refractivity (Wildman–Crippen MR) is 74.7 cm³/mol. The van der Waals surface area contributed by atoms with Crippen LogP contribution in [0.25, 0.3) is 0 Å². The summed E-state index contributed by atoms with van der Waals surface area (Å²) in [5.41, 5.74) is 0.685. The molecule has 0 aliphatic carbocycles. The van der Waals surface area contributed by atoms with Gasteiger partial charge in [0.25, 0.3) is 5.91 Å². The maximum absolute atomic E-state index is 12.4. The van der Waals surface area contributed by atoms with E-state index >= 15 is 0 Å². The lowest BCUT2D eigenvalue weighted by Gasteiger charge is -2.29. The summed E-state index contributed by atoms with van der Waals surface area (Å²) in [5, 5.41) is 0. The van der Waals surface area contributed by atoms with Crippen LogP contribution in [0.15, 0.2) is 29.2 Å². The summed E-state index contributed by atoms with van der Waals surface area (Å²) in [5.74, 6) is 0.535. The van der Waals surface area contributed by atoms with E-state index < -0.39 is 0 Å². The van der Waals surface area contributed by atoms with Gasteiger partial charge in [0.2, 0.25) is 0 Å². The van der Waals surface area contributed by atoms with Gasteiger partial charge in [0, 0.05) is 17.5 Å². The number of hydrogen-bond donors (Lipinski definition) is 1. The van der Waals surface area contributed by atoms with Gasteiger partial charge in [-0.1, -0.05) is 26.0 Å². The molecule has 1 amide bonds.